The molecule has 0 N–H and O–H groups in total. The molecule has 0 atom stereocenters. The van der Waals surface area contributed by atoms with Crippen LogP contribution in [-0.2, 0) is 20.7 Å². The predicted molar refractivity (Wildman–Crippen MR) is 123 cm³/mol. The Bertz CT molecular complexity index is 1040. The molecule has 0 bridgehead atoms. The first-order valence-corrected chi connectivity index (χ1v) is 11.1. The summed E-state index contributed by atoms with van der Waals surface area (Å²) in [6.45, 7) is 2.11. The summed E-state index contributed by atoms with van der Waals surface area (Å²) in [5.41, 5.74) is 1.61. The van der Waals surface area contributed by atoms with Gasteiger partial charge in [0.1, 0.15) is 0 Å². The summed E-state index contributed by atoms with van der Waals surface area (Å²) >= 11 is 7.22. The van der Waals surface area contributed by atoms with Crippen molar-refractivity contribution >= 4 is 46.6 Å². The zero-order valence-electron chi connectivity index (χ0n) is 17.6. The second-order valence-corrected chi connectivity index (χ2v) is 8.10. The van der Waals surface area contributed by atoms with E-state index < -0.39 is 5.97 Å². The molecule has 0 saturated carbocycles. The third-order valence-corrected chi connectivity index (χ3v) is 5.72. The standard InChI is InChI=1S/C23H22ClNO6S/c1-3-30-18-12-16(11-17(24)21(18)31-14-20(26)29-2)13-19-22(27)25(23(28)32-19)10-9-15-7-5-4-6-8-15/h4-8,11-13H,3,9-10,14H2,1-2H3/b19-13-. The molecule has 1 aliphatic heterocycles. The van der Waals surface area contributed by atoms with Gasteiger partial charge >= 0.3 is 5.97 Å². The van der Waals surface area contributed by atoms with Crippen LogP contribution in [0.2, 0.25) is 5.02 Å². The summed E-state index contributed by atoms with van der Waals surface area (Å²) in [6.07, 6.45) is 2.17. The van der Waals surface area contributed by atoms with Crippen molar-refractivity contribution in [2.24, 2.45) is 0 Å². The summed E-state index contributed by atoms with van der Waals surface area (Å²) in [4.78, 5) is 38.1. The minimum atomic E-state index is -0.559. The number of halogens is 1. The van der Waals surface area contributed by atoms with Gasteiger partial charge in [0, 0.05) is 6.54 Å². The Kier molecular flexibility index (Phi) is 8.19. The lowest BCUT2D eigenvalue weighted by atomic mass is 10.1. The van der Waals surface area contributed by atoms with Crippen molar-refractivity contribution in [2.75, 3.05) is 26.9 Å². The van der Waals surface area contributed by atoms with Crippen molar-refractivity contribution in [3.8, 4) is 11.5 Å². The number of carbonyl (C=O) groups excluding carboxylic acids is 3. The number of hydrogen-bond donors (Lipinski definition) is 0. The number of carbonyl (C=O) groups is 3. The van der Waals surface area contributed by atoms with Gasteiger partial charge < -0.3 is 14.2 Å². The number of nitrogens with zero attached hydrogens (tertiary/aromatic N) is 1. The van der Waals surface area contributed by atoms with E-state index in [0.717, 1.165) is 17.3 Å². The van der Waals surface area contributed by atoms with E-state index >= 15 is 0 Å². The number of amides is 2. The Morgan fingerprint density at radius 1 is 1.16 bits per heavy atom. The number of hydrogen-bond acceptors (Lipinski definition) is 7. The van der Waals surface area contributed by atoms with Crippen LogP contribution in [-0.4, -0.2) is 48.9 Å². The molecule has 1 aliphatic rings. The number of imide groups is 1. The SMILES string of the molecule is CCOc1cc(/C=C2\SC(=O)N(CCc3ccccc3)C2=O)cc(Cl)c1OCC(=O)OC. The van der Waals surface area contributed by atoms with Crippen LogP contribution in [0.5, 0.6) is 11.5 Å². The van der Waals surface area contributed by atoms with Crippen LogP contribution in [0.3, 0.4) is 0 Å². The Morgan fingerprint density at radius 3 is 2.59 bits per heavy atom. The molecule has 0 unspecified atom stereocenters. The maximum absolute atomic E-state index is 12.8. The van der Waals surface area contributed by atoms with Crippen LogP contribution < -0.4 is 9.47 Å². The minimum absolute atomic E-state index is 0.201. The summed E-state index contributed by atoms with van der Waals surface area (Å²) in [5.74, 6) is -0.390. The molecule has 0 radical (unpaired) electrons. The van der Waals surface area contributed by atoms with Gasteiger partial charge in [-0.15, -0.1) is 0 Å². The smallest absolute Gasteiger partial charge is 0.343 e. The van der Waals surface area contributed by atoms with Gasteiger partial charge in [0.2, 0.25) is 0 Å². The lowest BCUT2D eigenvalue weighted by Crippen LogP contribution is -2.30. The topological polar surface area (TPSA) is 82.1 Å². The fourth-order valence-corrected chi connectivity index (χ4v) is 4.13. The van der Waals surface area contributed by atoms with Crippen molar-refractivity contribution in [1.82, 2.24) is 4.90 Å². The summed E-state index contributed by atoms with van der Waals surface area (Å²) in [7, 11) is 1.26. The van der Waals surface area contributed by atoms with Crippen molar-refractivity contribution in [2.45, 2.75) is 13.3 Å². The van der Waals surface area contributed by atoms with E-state index in [4.69, 9.17) is 21.1 Å². The lowest BCUT2D eigenvalue weighted by molar-refractivity contribution is -0.142. The molecule has 0 aromatic heterocycles. The fourth-order valence-electron chi connectivity index (χ4n) is 2.99. The Balaban J connectivity index is 1.78. The average Bonchev–Trinajstić information content (AvgIpc) is 3.04. The number of benzene rings is 2. The normalized spacial score (nSPS) is 14.7. The molecule has 3 rings (SSSR count). The Hall–Kier alpha value is -2.97. The highest BCUT2D eigenvalue weighted by Crippen LogP contribution is 2.39. The van der Waals surface area contributed by atoms with Crippen LogP contribution >= 0.6 is 23.4 Å². The van der Waals surface area contributed by atoms with Gasteiger partial charge in [-0.2, -0.15) is 0 Å². The third-order valence-electron chi connectivity index (χ3n) is 4.53. The molecule has 0 spiro atoms. The van der Waals surface area contributed by atoms with Gasteiger partial charge in [0.25, 0.3) is 11.1 Å². The zero-order valence-corrected chi connectivity index (χ0v) is 19.2. The second-order valence-electron chi connectivity index (χ2n) is 6.70. The van der Waals surface area contributed by atoms with Gasteiger partial charge in [-0.3, -0.25) is 14.5 Å². The highest BCUT2D eigenvalue weighted by atomic mass is 35.5. The van der Waals surface area contributed by atoms with E-state index in [9.17, 15) is 14.4 Å². The second kappa shape index (κ2) is 11.1. The first kappa shape index (κ1) is 23.7. The molecule has 2 aromatic carbocycles. The predicted octanol–water partition coefficient (Wildman–Crippen LogP) is 4.57. The van der Waals surface area contributed by atoms with E-state index in [-0.39, 0.29) is 28.5 Å². The monoisotopic (exact) mass is 475 g/mol. The molecule has 1 heterocycles. The molecule has 1 saturated heterocycles. The molecule has 0 aliphatic carbocycles. The van der Waals surface area contributed by atoms with Gasteiger partial charge in [-0.25, -0.2) is 4.79 Å². The maximum Gasteiger partial charge on any atom is 0.343 e. The van der Waals surface area contributed by atoms with E-state index in [0.29, 0.717) is 35.8 Å². The first-order valence-electron chi connectivity index (χ1n) is 9.88. The summed E-state index contributed by atoms with van der Waals surface area (Å²) in [6, 6.07) is 12.9. The zero-order chi connectivity index (χ0) is 23.1. The first-order chi connectivity index (χ1) is 15.4. The van der Waals surface area contributed by atoms with Gasteiger partial charge in [0.05, 0.1) is 23.6 Å². The molecule has 1 fully saturated rings. The number of thioether (sulfide) groups is 1. The number of ether oxygens (including phenoxy) is 3. The number of rotatable bonds is 9. The van der Waals surface area contributed by atoms with E-state index in [1.54, 1.807) is 25.1 Å². The number of methoxy groups -OCH3 is 1. The van der Waals surface area contributed by atoms with E-state index in [1.807, 2.05) is 30.3 Å². The largest absolute Gasteiger partial charge is 0.490 e. The highest BCUT2D eigenvalue weighted by Gasteiger charge is 2.34. The van der Waals surface area contributed by atoms with Crippen molar-refractivity contribution in [3.05, 3.63) is 63.5 Å². The van der Waals surface area contributed by atoms with Crippen LogP contribution in [0.1, 0.15) is 18.1 Å². The van der Waals surface area contributed by atoms with Crippen LogP contribution in [0, 0.1) is 0 Å². The van der Waals surface area contributed by atoms with Crippen molar-refractivity contribution < 1.29 is 28.6 Å². The molecular weight excluding hydrogens is 454 g/mol. The van der Waals surface area contributed by atoms with Gasteiger partial charge in [-0.05, 0) is 54.4 Å². The molecule has 168 valence electrons. The summed E-state index contributed by atoms with van der Waals surface area (Å²) < 4.78 is 15.6. The van der Waals surface area contributed by atoms with E-state index in [1.165, 1.54) is 12.0 Å². The third kappa shape index (κ3) is 5.83. The van der Waals surface area contributed by atoms with E-state index in [2.05, 4.69) is 4.74 Å². The highest BCUT2D eigenvalue weighted by molar-refractivity contribution is 8.18. The molecular formula is C23H22ClNO6S. The van der Waals surface area contributed by atoms with Crippen molar-refractivity contribution in [3.63, 3.8) is 0 Å². The van der Waals surface area contributed by atoms with Gasteiger partial charge in [-0.1, -0.05) is 41.9 Å². The molecule has 32 heavy (non-hydrogen) atoms. The lowest BCUT2D eigenvalue weighted by Gasteiger charge is -2.14. The van der Waals surface area contributed by atoms with Crippen LogP contribution in [0.15, 0.2) is 47.4 Å². The minimum Gasteiger partial charge on any atom is -0.490 e. The van der Waals surface area contributed by atoms with Crippen LogP contribution in [0.4, 0.5) is 4.79 Å². The Morgan fingerprint density at radius 2 is 1.91 bits per heavy atom. The molecule has 7 nitrogen and oxygen atoms in total. The number of esters is 1. The molecule has 2 amide bonds. The molecule has 2 aromatic rings. The Labute approximate surface area is 195 Å². The quantitative estimate of drug-likeness (QED) is 0.388. The molecule has 9 heteroatoms. The average molecular weight is 476 g/mol. The maximum atomic E-state index is 12.8. The van der Waals surface area contributed by atoms with Crippen molar-refractivity contribution in [1.29, 1.82) is 0 Å². The summed E-state index contributed by atoms with van der Waals surface area (Å²) in [5, 5.41) is -0.110. The van der Waals surface area contributed by atoms with Crippen LogP contribution in [0.25, 0.3) is 6.08 Å². The fraction of sp³-hybridized carbons (Fsp3) is 0.261. The van der Waals surface area contributed by atoms with Gasteiger partial charge in [0.15, 0.2) is 18.1 Å².